The van der Waals surface area contributed by atoms with E-state index < -0.39 is 0 Å². The highest BCUT2D eigenvalue weighted by atomic mass is 35.5. The SMILES string of the molecule is O=C(c1cnc(OC2CCOC2)c(Cl)c1)N1CCN(Cc2cccnc2)CC1. The third kappa shape index (κ3) is 4.60. The Morgan fingerprint density at radius 1 is 1.29 bits per heavy atom. The molecule has 0 bridgehead atoms. The molecule has 0 aliphatic carbocycles. The van der Waals surface area contributed by atoms with E-state index in [1.807, 2.05) is 17.2 Å². The molecule has 0 spiro atoms. The molecule has 2 saturated heterocycles. The number of aromatic nitrogens is 2. The van der Waals surface area contributed by atoms with E-state index >= 15 is 0 Å². The molecule has 28 heavy (non-hydrogen) atoms. The van der Waals surface area contributed by atoms with Crippen LogP contribution in [0, 0.1) is 0 Å². The van der Waals surface area contributed by atoms with Crippen LogP contribution in [0.1, 0.15) is 22.3 Å². The van der Waals surface area contributed by atoms with Gasteiger partial charge < -0.3 is 14.4 Å². The molecule has 4 heterocycles. The van der Waals surface area contributed by atoms with Gasteiger partial charge in [-0.25, -0.2) is 4.98 Å². The van der Waals surface area contributed by atoms with Gasteiger partial charge in [-0.1, -0.05) is 17.7 Å². The summed E-state index contributed by atoms with van der Waals surface area (Å²) in [7, 11) is 0. The van der Waals surface area contributed by atoms with Crippen molar-refractivity contribution in [3.05, 3.63) is 52.9 Å². The minimum atomic E-state index is -0.0498. The summed E-state index contributed by atoms with van der Waals surface area (Å²) >= 11 is 6.29. The fourth-order valence-corrected chi connectivity index (χ4v) is 3.65. The van der Waals surface area contributed by atoms with Crippen LogP contribution in [0.5, 0.6) is 5.88 Å². The molecule has 0 N–H and O–H groups in total. The van der Waals surface area contributed by atoms with Gasteiger partial charge in [0.15, 0.2) is 0 Å². The summed E-state index contributed by atoms with van der Waals surface area (Å²) < 4.78 is 11.0. The predicted octanol–water partition coefficient (Wildman–Crippen LogP) is 2.26. The number of carbonyl (C=O) groups is 1. The Morgan fingerprint density at radius 2 is 2.14 bits per heavy atom. The van der Waals surface area contributed by atoms with Gasteiger partial charge >= 0.3 is 0 Å². The smallest absolute Gasteiger partial charge is 0.255 e. The first kappa shape index (κ1) is 19.1. The van der Waals surface area contributed by atoms with Crippen LogP contribution in [-0.4, -0.2) is 71.2 Å². The second-order valence-corrected chi connectivity index (χ2v) is 7.45. The molecule has 0 radical (unpaired) electrons. The first-order chi connectivity index (χ1) is 13.7. The number of hydrogen-bond acceptors (Lipinski definition) is 6. The number of amides is 1. The standard InChI is InChI=1S/C20H23ClN4O3/c21-18-10-16(12-23-19(18)28-17-3-9-27-14-17)20(26)25-7-5-24(6-8-25)13-15-2-1-4-22-11-15/h1-2,4,10-12,17H,3,5-9,13-14H2. The lowest BCUT2D eigenvalue weighted by Gasteiger charge is -2.34. The summed E-state index contributed by atoms with van der Waals surface area (Å²) in [6.45, 7) is 5.08. The van der Waals surface area contributed by atoms with Gasteiger partial charge in [0.25, 0.3) is 5.91 Å². The van der Waals surface area contributed by atoms with Crippen LogP contribution >= 0.6 is 11.6 Å². The van der Waals surface area contributed by atoms with Crippen molar-refractivity contribution in [3.63, 3.8) is 0 Å². The van der Waals surface area contributed by atoms with E-state index in [1.165, 1.54) is 5.56 Å². The first-order valence-electron chi connectivity index (χ1n) is 9.49. The number of halogens is 1. The number of piperazine rings is 1. The number of ether oxygens (including phenoxy) is 2. The third-order valence-electron chi connectivity index (χ3n) is 5.01. The van der Waals surface area contributed by atoms with Crippen molar-refractivity contribution in [3.8, 4) is 5.88 Å². The van der Waals surface area contributed by atoms with Gasteiger partial charge in [-0.2, -0.15) is 0 Å². The second-order valence-electron chi connectivity index (χ2n) is 7.04. The molecule has 1 amide bonds. The van der Waals surface area contributed by atoms with Crippen molar-refractivity contribution in [2.45, 2.75) is 19.1 Å². The minimum Gasteiger partial charge on any atom is -0.471 e. The van der Waals surface area contributed by atoms with E-state index in [0.717, 1.165) is 26.1 Å². The Morgan fingerprint density at radius 3 is 2.82 bits per heavy atom. The molecule has 0 aromatic carbocycles. The van der Waals surface area contributed by atoms with Crippen LogP contribution in [0.4, 0.5) is 0 Å². The lowest BCUT2D eigenvalue weighted by Crippen LogP contribution is -2.48. The second kappa shape index (κ2) is 8.86. The minimum absolute atomic E-state index is 0.0283. The molecule has 7 nitrogen and oxygen atoms in total. The molecule has 1 unspecified atom stereocenters. The highest BCUT2D eigenvalue weighted by Crippen LogP contribution is 2.26. The maximum Gasteiger partial charge on any atom is 0.255 e. The van der Waals surface area contributed by atoms with Crippen molar-refractivity contribution < 1.29 is 14.3 Å². The molecule has 2 aromatic heterocycles. The Balaban J connectivity index is 1.32. The molecule has 2 fully saturated rings. The van der Waals surface area contributed by atoms with Gasteiger partial charge in [-0.15, -0.1) is 0 Å². The Kier molecular flexibility index (Phi) is 6.04. The van der Waals surface area contributed by atoms with Crippen molar-refractivity contribution >= 4 is 17.5 Å². The van der Waals surface area contributed by atoms with E-state index in [-0.39, 0.29) is 12.0 Å². The Labute approximate surface area is 169 Å². The summed E-state index contributed by atoms with van der Waals surface area (Å²) in [6.07, 6.45) is 5.99. The van der Waals surface area contributed by atoms with Crippen molar-refractivity contribution in [2.75, 3.05) is 39.4 Å². The zero-order chi connectivity index (χ0) is 19.3. The van der Waals surface area contributed by atoms with E-state index in [2.05, 4.69) is 20.9 Å². The lowest BCUT2D eigenvalue weighted by atomic mass is 10.2. The highest BCUT2D eigenvalue weighted by Gasteiger charge is 2.24. The van der Waals surface area contributed by atoms with E-state index in [9.17, 15) is 4.79 Å². The first-order valence-corrected chi connectivity index (χ1v) is 9.87. The Bertz CT molecular complexity index is 806. The van der Waals surface area contributed by atoms with Crippen molar-refractivity contribution in [1.82, 2.24) is 19.8 Å². The molecule has 0 saturated carbocycles. The van der Waals surface area contributed by atoms with Gasteiger partial charge in [-0.3, -0.25) is 14.7 Å². The van der Waals surface area contributed by atoms with Gasteiger partial charge in [0.1, 0.15) is 11.1 Å². The van der Waals surface area contributed by atoms with Gasteiger partial charge in [0, 0.05) is 57.7 Å². The number of rotatable bonds is 5. The molecule has 8 heteroatoms. The lowest BCUT2D eigenvalue weighted by molar-refractivity contribution is 0.0627. The normalized spacial score (nSPS) is 20.3. The van der Waals surface area contributed by atoms with Gasteiger partial charge in [0.2, 0.25) is 5.88 Å². The molecule has 2 aliphatic heterocycles. The quantitative estimate of drug-likeness (QED) is 0.764. The number of nitrogens with zero attached hydrogens (tertiary/aromatic N) is 4. The van der Waals surface area contributed by atoms with Crippen LogP contribution in [0.2, 0.25) is 5.02 Å². The highest BCUT2D eigenvalue weighted by molar-refractivity contribution is 6.32. The molecular formula is C20H23ClN4O3. The van der Waals surface area contributed by atoms with Crippen LogP contribution in [0.3, 0.4) is 0 Å². The summed E-state index contributed by atoms with van der Waals surface area (Å²) in [6, 6.07) is 5.66. The van der Waals surface area contributed by atoms with Crippen molar-refractivity contribution in [2.24, 2.45) is 0 Å². The molecule has 2 aromatic rings. The predicted molar refractivity (Wildman–Crippen MR) is 105 cm³/mol. The molecular weight excluding hydrogens is 380 g/mol. The molecule has 4 rings (SSSR count). The summed E-state index contributed by atoms with van der Waals surface area (Å²) in [5.74, 6) is 0.307. The van der Waals surface area contributed by atoms with Gasteiger partial charge in [0.05, 0.1) is 18.8 Å². The molecule has 1 atom stereocenters. The van der Waals surface area contributed by atoms with Crippen LogP contribution in [-0.2, 0) is 11.3 Å². The van der Waals surface area contributed by atoms with Crippen LogP contribution in [0.25, 0.3) is 0 Å². The van der Waals surface area contributed by atoms with Crippen molar-refractivity contribution in [1.29, 1.82) is 0 Å². The maximum absolute atomic E-state index is 12.8. The van der Waals surface area contributed by atoms with E-state index in [0.29, 0.717) is 42.8 Å². The average molecular weight is 403 g/mol. The number of carbonyl (C=O) groups excluding carboxylic acids is 1. The number of pyridine rings is 2. The zero-order valence-electron chi connectivity index (χ0n) is 15.6. The average Bonchev–Trinajstić information content (AvgIpc) is 3.23. The van der Waals surface area contributed by atoms with Crippen LogP contribution < -0.4 is 4.74 Å². The summed E-state index contributed by atoms with van der Waals surface area (Å²) in [5, 5.41) is 0.355. The van der Waals surface area contributed by atoms with E-state index in [1.54, 1.807) is 18.5 Å². The van der Waals surface area contributed by atoms with Gasteiger partial charge in [-0.05, 0) is 17.7 Å². The summed E-state index contributed by atoms with van der Waals surface area (Å²) in [5.41, 5.74) is 1.67. The largest absolute Gasteiger partial charge is 0.471 e. The fraction of sp³-hybridized carbons (Fsp3) is 0.450. The Hall–Kier alpha value is -2.22. The topological polar surface area (TPSA) is 67.8 Å². The fourth-order valence-electron chi connectivity index (χ4n) is 3.43. The van der Waals surface area contributed by atoms with E-state index in [4.69, 9.17) is 21.1 Å². The summed E-state index contributed by atoms with van der Waals surface area (Å²) in [4.78, 5) is 25.4. The number of hydrogen-bond donors (Lipinski definition) is 0. The zero-order valence-corrected chi connectivity index (χ0v) is 16.3. The molecule has 148 valence electrons. The maximum atomic E-state index is 12.8. The third-order valence-corrected chi connectivity index (χ3v) is 5.28. The van der Waals surface area contributed by atoms with Crippen LogP contribution in [0.15, 0.2) is 36.8 Å². The molecule has 2 aliphatic rings. The monoisotopic (exact) mass is 402 g/mol.